The number of carboxylic acid groups (broad SMARTS) is 1. The fourth-order valence-electron chi connectivity index (χ4n) is 3.54. The number of carbonyl (C=O) groups excluding carboxylic acids is 2. The zero-order valence-corrected chi connectivity index (χ0v) is 18.4. The van der Waals surface area contributed by atoms with Crippen molar-refractivity contribution in [3.63, 3.8) is 0 Å². The number of rotatable bonds is 7. The molecule has 1 N–H and O–H groups in total. The Balaban J connectivity index is 1.61. The first-order chi connectivity index (χ1) is 15.9. The standard InChI is InChI=1S/C26H19ClO6/c1-2-32-22-13-16(11-20-23(28)18-5-3-4-6-19(18)24(20)29)12-21(27)25(22)33-14-15-7-9-17(10-8-15)26(30)31/h3-13H,2,14H2,1H3,(H,30,31). The summed E-state index contributed by atoms with van der Waals surface area (Å²) in [5.74, 6) is -0.967. The Morgan fingerprint density at radius 3 is 2.18 bits per heavy atom. The van der Waals surface area contributed by atoms with Crippen LogP contribution in [0.25, 0.3) is 6.08 Å². The second kappa shape index (κ2) is 9.30. The average Bonchev–Trinajstić information content (AvgIpc) is 3.04. The first kappa shape index (κ1) is 22.3. The summed E-state index contributed by atoms with van der Waals surface area (Å²) < 4.78 is 11.6. The van der Waals surface area contributed by atoms with E-state index in [0.717, 1.165) is 5.56 Å². The molecule has 7 heteroatoms. The number of carboxylic acids is 1. The highest BCUT2D eigenvalue weighted by molar-refractivity contribution is 6.41. The number of ether oxygens (including phenoxy) is 2. The second-order valence-corrected chi connectivity index (χ2v) is 7.72. The fourth-order valence-corrected chi connectivity index (χ4v) is 3.82. The number of hydrogen-bond acceptors (Lipinski definition) is 5. The van der Waals surface area contributed by atoms with E-state index in [1.165, 1.54) is 18.2 Å². The van der Waals surface area contributed by atoms with Gasteiger partial charge in [0.15, 0.2) is 23.1 Å². The number of aromatic carboxylic acids is 1. The van der Waals surface area contributed by atoms with Crippen LogP contribution in [0.15, 0.2) is 66.2 Å². The predicted molar refractivity (Wildman–Crippen MR) is 123 cm³/mol. The van der Waals surface area contributed by atoms with Crippen molar-refractivity contribution in [2.45, 2.75) is 13.5 Å². The van der Waals surface area contributed by atoms with Crippen molar-refractivity contribution >= 4 is 35.2 Å². The highest BCUT2D eigenvalue weighted by Gasteiger charge is 2.32. The maximum atomic E-state index is 12.7. The van der Waals surface area contributed by atoms with Crippen LogP contribution < -0.4 is 9.47 Å². The highest BCUT2D eigenvalue weighted by atomic mass is 35.5. The van der Waals surface area contributed by atoms with Gasteiger partial charge in [0.2, 0.25) is 0 Å². The zero-order valence-electron chi connectivity index (χ0n) is 17.6. The van der Waals surface area contributed by atoms with Crippen LogP contribution in [0.5, 0.6) is 11.5 Å². The second-order valence-electron chi connectivity index (χ2n) is 7.32. The molecule has 0 fully saturated rings. The summed E-state index contributed by atoms with van der Waals surface area (Å²) in [6.07, 6.45) is 1.51. The Hall–Kier alpha value is -3.90. The summed E-state index contributed by atoms with van der Waals surface area (Å²) >= 11 is 6.47. The van der Waals surface area contributed by atoms with E-state index >= 15 is 0 Å². The molecule has 0 saturated heterocycles. The Bertz CT molecular complexity index is 1250. The molecular weight excluding hydrogens is 444 g/mol. The number of halogens is 1. The molecular formula is C26H19ClO6. The van der Waals surface area contributed by atoms with Crippen molar-refractivity contribution in [3.05, 3.63) is 99.1 Å². The van der Waals surface area contributed by atoms with Gasteiger partial charge in [-0.25, -0.2) is 4.79 Å². The molecule has 4 rings (SSSR count). The summed E-state index contributed by atoms with van der Waals surface area (Å²) in [6.45, 7) is 2.31. The summed E-state index contributed by atoms with van der Waals surface area (Å²) in [5.41, 5.74) is 2.32. The Labute approximate surface area is 195 Å². The van der Waals surface area contributed by atoms with Crippen LogP contribution >= 0.6 is 11.6 Å². The molecule has 1 aliphatic carbocycles. The topological polar surface area (TPSA) is 89.9 Å². The molecule has 0 bridgehead atoms. The van der Waals surface area contributed by atoms with Crippen LogP contribution in [0.1, 0.15) is 49.1 Å². The molecule has 0 spiro atoms. The predicted octanol–water partition coefficient (Wildman–Crippen LogP) is 5.48. The molecule has 1 aliphatic rings. The maximum Gasteiger partial charge on any atom is 0.335 e. The molecule has 0 amide bonds. The van der Waals surface area contributed by atoms with Crippen molar-refractivity contribution in [1.82, 2.24) is 0 Å². The number of ketones is 2. The van der Waals surface area contributed by atoms with E-state index in [9.17, 15) is 14.4 Å². The summed E-state index contributed by atoms with van der Waals surface area (Å²) in [4.78, 5) is 36.4. The molecule has 33 heavy (non-hydrogen) atoms. The normalized spacial score (nSPS) is 12.5. The van der Waals surface area contributed by atoms with Crippen molar-refractivity contribution < 1.29 is 29.0 Å². The monoisotopic (exact) mass is 462 g/mol. The van der Waals surface area contributed by atoms with Crippen LogP contribution in [-0.4, -0.2) is 29.2 Å². The smallest absolute Gasteiger partial charge is 0.335 e. The van der Waals surface area contributed by atoms with Crippen molar-refractivity contribution in [1.29, 1.82) is 0 Å². The Kier molecular flexibility index (Phi) is 6.29. The fraction of sp³-hybridized carbons (Fsp3) is 0.115. The molecule has 0 unspecified atom stereocenters. The Morgan fingerprint density at radius 2 is 1.61 bits per heavy atom. The molecule has 3 aromatic carbocycles. The van der Waals surface area contributed by atoms with Gasteiger partial charge in [0, 0.05) is 11.1 Å². The number of benzene rings is 3. The zero-order chi connectivity index (χ0) is 23.5. The first-order valence-electron chi connectivity index (χ1n) is 10.2. The van der Waals surface area contributed by atoms with E-state index in [-0.39, 0.29) is 34.3 Å². The maximum absolute atomic E-state index is 12.7. The van der Waals surface area contributed by atoms with Crippen LogP contribution in [0, 0.1) is 0 Å². The van der Waals surface area contributed by atoms with Gasteiger partial charge in [0.05, 0.1) is 22.8 Å². The Morgan fingerprint density at radius 1 is 0.970 bits per heavy atom. The number of allylic oxidation sites excluding steroid dienone is 1. The molecule has 6 nitrogen and oxygen atoms in total. The van der Waals surface area contributed by atoms with E-state index in [2.05, 4.69) is 0 Å². The minimum Gasteiger partial charge on any atom is -0.490 e. The number of carbonyl (C=O) groups is 3. The molecule has 0 heterocycles. The molecule has 0 aromatic heterocycles. The molecule has 0 radical (unpaired) electrons. The molecule has 166 valence electrons. The van der Waals surface area contributed by atoms with E-state index < -0.39 is 5.97 Å². The third-order valence-electron chi connectivity index (χ3n) is 5.13. The van der Waals surface area contributed by atoms with Crippen molar-refractivity contribution in [2.24, 2.45) is 0 Å². The third kappa shape index (κ3) is 4.52. The highest BCUT2D eigenvalue weighted by Crippen LogP contribution is 2.38. The lowest BCUT2D eigenvalue weighted by molar-refractivity contribution is 0.0696. The van der Waals surface area contributed by atoms with E-state index in [4.69, 9.17) is 26.2 Å². The minimum atomic E-state index is -1.00. The van der Waals surface area contributed by atoms with Crippen molar-refractivity contribution in [2.75, 3.05) is 6.61 Å². The summed E-state index contributed by atoms with van der Waals surface area (Å²) in [5, 5.41) is 9.27. The van der Waals surface area contributed by atoms with Crippen molar-refractivity contribution in [3.8, 4) is 11.5 Å². The number of hydrogen-bond donors (Lipinski definition) is 1. The van der Waals surface area contributed by atoms with Gasteiger partial charge in [-0.1, -0.05) is 48.0 Å². The molecule has 0 atom stereocenters. The minimum absolute atomic E-state index is 0.0712. The SMILES string of the molecule is CCOc1cc(C=C2C(=O)c3ccccc3C2=O)cc(Cl)c1OCc1ccc(C(=O)O)cc1. The van der Waals surface area contributed by atoms with Crippen LogP contribution in [0.3, 0.4) is 0 Å². The van der Waals surface area contributed by atoms with Crippen LogP contribution in [0.2, 0.25) is 5.02 Å². The molecule has 0 aliphatic heterocycles. The summed E-state index contributed by atoms with van der Waals surface area (Å²) in [6, 6.07) is 16.3. The number of Topliss-reactive ketones (excluding diaryl/α,β-unsaturated/α-hetero) is 2. The largest absolute Gasteiger partial charge is 0.490 e. The summed E-state index contributed by atoms with van der Waals surface area (Å²) in [7, 11) is 0. The molecule has 0 saturated carbocycles. The van der Waals surface area contributed by atoms with Crippen LogP contribution in [-0.2, 0) is 6.61 Å². The van der Waals surface area contributed by atoms with Crippen LogP contribution in [0.4, 0.5) is 0 Å². The van der Waals surface area contributed by atoms with Gasteiger partial charge < -0.3 is 14.6 Å². The van der Waals surface area contributed by atoms with E-state index in [0.29, 0.717) is 34.8 Å². The van der Waals surface area contributed by atoms with Gasteiger partial charge in [-0.3, -0.25) is 9.59 Å². The molecule has 3 aromatic rings. The van der Waals surface area contributed by atoms with Gasteiger partial charge in [-0.2, -0.15) is 0 Å². The average molecular weight is 463 g/mol. The quantitative estimate of drug-likeness (QED) is 0.369. The lowest BCUT2D eigenvalue weighted by Crippen LogP contribution is -2.03. The van der Waals surface area contributed by atoms with E-state index in [1.54, 1.807) is 48.5 Å². The lowest BCUT2D eigenvalue weighted by Gasteiger charge is -2.15. The van der Waals surface area contributed by atoms with Gasteiger partial charge >= 0.3 is 5.97 Å². The number of fused-ring (bicyclic) bond motifs is 1. The van der Waals surface area contributed by atoms with E-state index in [1.807, 2.05) is 6.92 Å². The first-order valence-corrected chi connectivity index (χ1v) is 10.6. The van der Waals surface area contributed by atoms with Gasteiger partial charge in [-0.05, 0) is 48.4 Å². The van der Waals surface area contributed by atoms with Gasteiger partial charge in [0.1, 0.15) is 6.61 Å². The van der Waals surface area contributed by atoms with Gasteiger partial charge in [-0.15, -0.1) is 0 Å². The third-order valence-corrected chi connectivity index (χ3v) is 5.41. The van der Waals surface area contributed by atoms with Gasteiger partial charge in [0.25, 0.3) is 0 Å². The lowest BCUT2D eigenvalue weighted by atomic mass is 10.1.